The highest BCUT2D eigenvalue weighted by Gasteiger charge is 2.00. The molecular weight excluding hydrogens is 143 g/mol. The van der Waals surface area contributed by atoms with Gasteiger partial charge < -0.3 is 5.73 Å². The van der Waals surface area contributed by atoms with Crippen LogP contribution >= 0.6 is 0 Å². The maximum atomic E-state index is 12.5. The van der Waals surface area contributed by atoms with Crippen LogP contribution in [0.25, 0.3) is 0 Å². The summed E-state index contributed by atoms with van der Waals surface area (Å²) in [5.74, 6) is -0.324. The van der Waals surface area contributed by atoms with Crippen molar-refractivity contribution in [2.75, 3.05) is 0 Å². The summed E-state index contributed by atoms with van der Waals surface area (Å²) in [4.78, 5) is 0. The van der Waals surface area contributed by atoms with E-state index in [4.69, 9.17) is 11.1 Å². The molecule has 0 bridgehead atoms. The van der Waals surface area contributed by atoms with Crippen molar-refractivity contribution in [1.29, 1.82) is 5.41 Å². The molecule has 1 rings (SSSR count). The number of amidine groups is 1. The van der Waals surface area contributed by atoms with Crippen molar-refractivity contribution in [1.82, 2.24) is 0 Å². The second-order valence-electron chi connectivity index (χ2n) is 2.37. The normalized spacial score (nSPS) is 9.64. The Labute approximate surface area is 64.4 Å². The van der Waals surface area contributed by atoms with Gasteiger partial charge in [-0.25, -0.2) is 4.39 Å². The molecule has 1 aromatic rings. The fraction of sp³-hybridized carbons (Fsp3) is 0.125. The van der Waals surface area contributed by atoms with E-state index in [0.717, 1.165) is 0 Å². The number of hydrogen-bond donors (Lipinski definition) is 2. The number of halogens is 1. The minimum Gasteiger partial charge on any atom is -0.384 e. The summed E-state index contributed by atoms with van der Waals surface area (Å²) in [6, 6.07) is 4.16. The molecule has 58 valence electrons. The van der Waals surface area contributed by atoms with Crippen molar-refractivity contribution in [3.05, 3.63) is 35.1 Å². The minimum absolute atomic E-state index is 0.0255. The molecule has 0 fully saturated rings. The van der Waals surface area contributed by atoms with Gasteiger partial charge in [-0.2, -0.15) is 0 Å². The van der Waals surface area contributed by atoms with Crippen LogP contribution in [0.5, 0.6) is 0 Å². The number of rotatable bonds is 1. The SMILES string of the molecule is Cc1cc(F)ccc1C(=N)N. The van der Waals surface area contributed by atoms with Crippen molar-refractivity contribution in [2.24, 2.45) is 5.73 Å². The summed E-state index contributed by atoms with van der Waals surface area (Å²) in [6.45, 7) is 1.72. The Morgan fingerprint density at radius 1 is 1.55 bits per heavy atom. The molecule has 0 saturated heterocycles. The monoisotopic (exact) mass is 152 g/mol. The van der Waals surface area contributed by atoms with Crippen molar-refractivity contribution < 1.29 is 4.39 Å². The van der Waals surface area contributed by atoms with Crippen LogP contribution in [0.4, 0.5) is 4.39 Å². The Hall–Kier alpha value is -1.38. The molecule has 0 saturated carbocycles. The van der Waals surface area contributed by atoms with Crippen molar-refractivity contribution in [2.45, 2.75) is 6.92 Å². The molecule has 0 atom stereocenters. The van der Waals surface area contributed by atoms with Crippen LogP contribution < -0.4 is 5.73 Å². The van der Waals surface area contributed by atoms with E-state index in [9.17, 15) is 4.39 Å². The molecule has 0 heterocycles. The van der Waals surface area contributed by atoms with Crippen LogP contribution in [0.2, 0.25) is 0 Å². The zero-order chi connectivity index (χ0) is 8.43. The molecule has 0 unspecified atom stereocenters. The minimum atomic E-state index is -0.299. The quantitative estimate of drug-likeness (QED) is 0.464. The molecule has 0 aliphatic carbocycles. The van der Waals surface area contributed by atoms with Crippen LogP contribution in [0.15, 0.2) is 18.2 Å². The van der Waals surface area contributed by atoms with Crippen molar-refractivity contribution >= 4 is 5.84 Å². The van der Waals surface area contributed by atoms with Gasteiger partial charge >= 0.3 is 0 Å². The van der Waals surface area contributed by atoms with E-state index in [-0.39, 0.29) is 11.7 Å². The third-order valence-corrected chi connectivity index (χ3v) is 1.48. The standard InChI is InChI=1S/C8H9FN2/c1-5-4-6(9)2-3-7(5)8(10)11/h2-4H,1H3,(H3,10,11). The number of benzene rings is 1. The summed E-state index contributed by atoms with van der Waals surface area (Å²) in [5.41, 5.74) is 6.51. The first-order chi connectivity index (χ1) is 5.11. The first kappa shape index (κ1) is 7.72. The van der Waals surface area contributed by atoms with Crippen LogP contribution in [-0.4, -0.2) is 5.84 Å². The first-order valence-electron chi connectivity index (χ1n) is 3.22. The lowest BCUT2D eigenvalue weighted by atomic mass is 10.1. The Morgan fingerprint density at radius 2 is 2.18 bits per heavy atom. The van der Waals surface area contributed by atoms with Crippen LogP contribution in [-0.2, 0) is 0 Å². The Balaban J connectivity index is 3.20. The second-order valence-corrected chi connectivity index (χ2v) is 2.37. The lowest BCUT2D eigenvalue weighted by Crippen LogP contribution is -2.12. The number of nitrogen functional groups attached to an aromatic ring is 1. The Morgan fingerprint density at radius 3 is 2.64 bits per heavy atom. The first-order valence-corrected chi connectivity index (χ1v) is 3.22. The van der Waals surface area contributed by atoms with Gasteiger partial charge in [0.1, 0.15) is 11.7 Å². The van der Waals surface area contributed by atoms with E-state index in [1.54, 1.807) is 6.92 Å². The Bertz CT molecular complexity index is 294. The molecule has 3 N–H and O–H groups in total. The highest BCUT2D eigenvalue weighted by molar-refractivity contribution is 5.96. The van der Waals surface area contributed by atoms with Gasteiger partial charge in [-0.3, -0.25) is 5.41 Å². The molecule has 1 aromatic carbocycles. The third kappa shape index (κ3) is 1.55. The summed E-state index contributed by atoms with van der Waals surface area (Å²) in [7, 11) is 0. The van der Waals surface area contributed by atoms with Crippen LogP contribution in [0.3, 0.4) is 0 Å². The van der Waals surface area contributed by atoms with Gasteiger partial charge in [0.2, 0.25) is 0 Å². The predicted molar refractivity (Wildman–Crippen MR) is 42.2 cm³/mol. The molecule has 0 radical (unpaired) electrons. The predicted octanol–water partition coefficient (Wildman–Crippen LogP) is 1.42. The number of nitrogens with two attached hydrogens (primary N) is 1. The smallest absolute Gasteiger partial charge is 0.123 e. The fourth-order valence-electron chi connectivity index (χ4n) is 0.929. The number of nitrogens with one attached hydrogen (secondary N) is 1. The molecule has 0 spiro atoms. The van der Waals surface area contributed by atoms with E-state index in [1.165, 1.54) is 18.2 Å². The summed E-state index contributed by atoms with van der Waals surface area (Å²) < 4.78 is 12.5. The van der Waals surface area contributed by atoms with Gasteiger partial charge in [-0.15, -0.1) is 0 Å². The molecule has 0 aromatic heterocycles. The van der Waals surface area contributed by atoms with Gasteiger partial charge in [-0.05, 0) is 30.7 Å². The lowest BCUT2D eigenvalue weighted by molar-refractivity contribution is 0.626. The van der Waals surface area contributed by atoms with Gasteiger partial charge in [0, 0.05) is 5.56 Å². The topological polar surface area (TPSA) is 49.9 Å². The number of hydrogen-bond acceptors (Lipinski definition) is 1. The fourth-order valence-corrected chi connectivity index (χ4v) is 0.929. The Kier molecular flexibility index (Phi) is 1.89. The number of aryl methyl sites for hydroxylation is 1. The average molecular weight is 152 g/mol. The van der Waals surface area contributed by atoms with E-state index in [0.29, 0.717) is 11.1 Å². The third-order valence-electron chi connectivity index (χ3n) is 1.48. The van der Waals surface area contributed by atoms with Crippen LogP contribution in [0.1, 0.15) is 11.1 Å². The average Bonchev–Trinajstić information content (AvgIpc) is 1.85. The van der Waals surface area contributed by atoms with Crippen molar-refractivity contribution in [3.8, 4) is 0 Å². The maximum absolute atomic E-state index is 12.5. The van der Waals surface area contributed by atoms with E-state index in [1.807, 2.05) is 0 Å². The summed E-state index contributed by atoms with van der Waals surface area (Å²) in [5, 5.41) is 7.10. The highest BCUT2D eigenvalue weighted by atomic mass is 19.1. The van der Waals surface area contributed by atoms with Crippen molar-refractivity contribution in [3.63, 3.8) is 0 Å². The van der Waals surface area contributed by atoms with E-state index in [2.05, 4.69) is 0 Å². The van der Waals surface area contributed by atoms with Crippen LogP contribution in [0, 0.1) is 18.2 Å². The van der Waals surface area contributed by atoms with Gasteiger partial charge in [0.15, 0.2) is 0 Å². The van der Waals surface area contributed by atoms with Gasteiger partial charge in [0.05, 0.1) is 0 Å². The molecule has 0 amide bonds. The molecule has 0 aliphatic rings. The molecule has 3 heteroatoms. The van der Waals surface area contributed by atoms with E-state index < -0.39 is 0 Å². The summed E-state index contributed by atoms with van der Waals surface area (Å²) >= 11 is 0. The summed E-state index contributed by atoms with van der Waals surface area (Å²) in [6.07, 6.45) is 0. The largest absolute Gasteiger partial charge is 0.384 e. The highest BCUT2D eigenvalue weighted by Crippen LogP contribution is 2.08. The van der Waals surface area contributed by atoms with Gasteiger partial charge in [-0.1, -0.05) is 0 Å². The molecule has 11 heavy (non-hydrogen) atoms. The zero-order valence-electron chi connectivity index (χ0n) is 6.19. The molecule has 2 nitrogen and oxygen atoms in total. The van der Waals surface area contributed by atoms with Gasteiger partial charge in [0.25, 0.3) is 0 Å². The molecule has 0 aliphatic heterocycles. The second kappa shape index (κ2) is 2.70. The lowest BCUT2D eigenvalue weighted by Gasteiger charge is -2.01. The maximum Gasteiger partial charge on any atom is 0.123 e. The van der Waals surface area contributed by atoms with E-state index >= 15 is 0 Å². The zero-order valence-corrected chi connectivity index (χ0v) is 6.19. The molecular formula is C8H9FN2.